The minimum absolute atomic E-state index is 0.000162. The molecule has 0 atom stereocenters. The Morgan fingerprint density at radius 3 is 2.59 bits per heavy atom. The van der Waals surface area contributed by atoms with Crippen LogP contribution in [0.3, 0.4) is 0 Å². The van der Waals surface area contributed by atoms with E-state index in [1.54, 1.807) is 6.07 Å². The number of amides is 1. The topological polar surface area (TPSA) is 109 Å². The molecule has 7 nitrogen and oxygen atoms in total. The van der Waals surface area contributed by atoms with Crippen LogP contribution in [0.1, 0.15) is 5.56 Å². The van der Waals surface area contributed by atoms with Crippen LogP contribution < -0.4 is 10.9 Å². The third-order valence-corrected chi connectivity index (χ3v) is 6.70. The van der Waals surface area contributed by atoms with Gasteiger partial charge in [-0.25, -0.2) is 13.4 Å². The highest BCUT2D eigenvalue weighted by atomic mass is 35.5. The number of hydrogen-bond acceptors (Lipinski definition) is 6. The maximum atomic E-state index is 12.6. The summed E-state index contributed by atoms with van der Waals surface area (Å²) in [6.07, 6.45) is 0.990. The zero-order valence-electron chi connectivity index (χ0n) is 15.2. The average Bonchev–Trinajstić information content (AvgIpc) is 2.66. The number of nitrogens with zero attached hydrogens (tertiary/aromatic N) is 1. The molecular formula is C19H16ClN3O4S2. The van der Waals surface area contributed by atoms with Crippen LogP contribution >= 0.6 is 23.4 Å². The first-order chi connectivity index (χ1) is 13.8. The van der Waals surface area contributed by atoms with Gasteiger partial charge in [-0.2, -0.15) is 0 Å². The average molecular weight is 450 g/mol. The highest BCUT2D eigenvalue weighted by molar-refractivity contribution is 7.99. The summed E-state index contributed by atoms with van der Waals surface area (Å²) in [5.74, 6) is -0.277. The smallest absolute Gasteiger partial charge is 0.270 e. The van der Waals surface area contributed by atoms with Crippen molar-refractivity contribution in [2.45, 2.75) is 21.9 Å². The van der Waals surface area contributed by atoms with E-state index in [4.69, 9.17) is 11.6 Å². The largest absolute Gasteiger partial charge is 0.325 e. The molecule has 29 heavy (non-hydrogen) atoms. The quantitative estimate of drug-likeness (QED) is 0.441. The van der Waals surface area contributed by atoms with Gasteiger partial charge in [-0.3, -0.25) is 9.59 Å². The molecule has 0 saturated heterocycles. The van der Waals surface area contributed by atoms with Crippen LogP contribution in [0.5, 0.6) is 0 Å². The summed E-state index contributed by atoms with van der Waals surface area (Å²) in [5, 5.41) is 3.27. The molecule has 1 aromatic heterocycles. The Balaban J connectivity index is 1.70. The molecule has 0 spiro atoms. The molecule has 0 saturated carbocycles. The summed E-state index contributed by atoms with van der Waals surface area (Å²) in [4.78, 5) is 30.2. The van der Waals surface area contributed by atoms with E-state index in [9.17, 15) is 18.0 Å². The van der Waals surface area contributed by atoms with Gasteiger partial charge < -0.3 is 10.3 Å². The van der Waals surface area contributed by atoms with E-state index in [1.807, 2.05) is 25.1 Å². The Morgan fingerprint density at radius 2 is 1.93 bits per heavy atom. The van der Waals surface area contributed by atoms with Crippen molar-refractivity contribution in [2.75, 3.05) is 11.1 Å². The Morgan fingerprint density at radius 1 is 1.21 bits per heavy atom. The molecule has 0 unspecified atom stereocenters. The van der Waals surface area contributed by atoms with Crippen LogP contribution in [0.15, 0.2) is 74.5 Å². The zero-order chi connectivity index (χ0) is 21.0. The molecule has 2 aromatic carbocycles. The van der Waals surface area contributed by atoms with Crippen LogP contribution in [0.25, 0.3) is 0 Å². The molecule has 2 N–H and O–H groups in total. The number of aryl methyl sites for hydroxylation is 1. The van der Waals surface area contributed by atoms with E-state index >= 15 is 0 Å². The third-order valence-electron chi connectivity index (χ3n) is 3.80. The van der Waals surface area contributed by atoms with Crippen LogP contribution in [0.4, 0.5) is 5.69 Å². The Kier molecular flexibility index (Phi) is 6.41. The van der Waals surface area contributed by atoms with Crippen molar-refractivity contribution < 1.29 is 13.2 Å². The number of hydrogen-bond donors (Lipinski definition) is 2. The third kappa shape index (κ3) is 5.26. The molecule has 0 fully saturated rings. The number of carbonyl (C=O) groups excluding carboxylic acids is 1. The predicted octanol–water partition coefficient (Wildman–Crippen LogP) is 3.30. The molecule has 0 aliphatic carbocycles. The number of anilines is 1. The minimum atomic E-state index is -4.03. The number of carbonyl (C=O) groups is 1. The van der Waals surface area contributed by atoms with Gasteiger partial charge in [0.25, 0.3) is 5.56 Å². The molecule has 1 heterocycles. The monoisotopic (exact) mass is 449 g/mol. The number of rotatable bonds is 6. The number of aromatic nitrogens is 2. The fourth-order valence-electron chi connectivity index (χ4n) is 2.43. The van der Waals surface area contributed by atoms with E-state index in [0.29, 0.717) is 10.7 Å². The first-order valence-corrected chi connectivity index (χ1v) is 11.2. The van der Waals surface area contributed by atoms with Gasteiger partial charge in [0.15, 0.2) is 10.1 Å². The first-order valence-electron chi connectivity index (χ1n) is 8.35. The van der Waals surface area contributed by atoms with Gasteiger partial charge >= 0.3 is 0 Å². The van der Waals surface area contributed by atoms with Crippen LogP contribution in [-0.4, -0.2) is 30.0 Å². The maximum absolute atomic E-state index is 12.6. The molecule has 3 rings (SSSR count). The van der Waals surface area contributed by atoms with Gasteiger partial charge in [-0.05, 0) is 48.9 Å². The van der Waals surface area contributed by atoms with Crippen molar-refractivity contribution in [3.8, 4) is 0 Å². The lowest BCUT2D eigenvalue weighted by Crippen LogP contribution is -2.20. The van der Waals surface area contributed by atoms with Gasteiger partial charge in [0.05, 0.1) is 16.8 Å². The van der Waals surface area contributed by atoms with Gasteiger partial charge in [0.1, 0.15) is 0 Å². The lowest BCUT2D eigenvalue weighted by Gasteiger charge is -2.07. The second-order valence-electron chi connectivity index (χ2n) is 6.05. The van der Waals surface area contributed by atoms with E-state index in [-0.39, 0.29) is 21.7 Å². The van der Waals surface area contributed by atoms with Crippen molar-refractivity contribution in [1.82, 2.24) is 9.97 Å². The van der Waals surface area contributed by atoms with Crippen molar-refractivity contribution in [3.05, 3.63) is 75.7 Å². The summed E-state index contributed by atoms with van der Waals surface area (Å²) in [6, 6.07) is 12.8. The van der Waals surface area contributed by atoms with Crippen molar-refractivity contribution >= 4 is 44.8 Å². The number of H-pyrrole nitrogens is 1. The fraction of sp³-hybridized carbons (Fsp3) is 0.105. The Hall–Kier alpha value is -2.62. The Labute approximate surface area is 176 Å². The summed E-state index contributed by atoms with van der Waals surface area (Å²) in [7, 11) is -4.03. The summed E-state index contributed by atoms with van der Waals surface area (Å²) in [6.45, 7) is 1.92. The van der Waals surface area contributed by atoms with Gasteiger partial charge in [0, 0.05) is 10.7 Å². The van der Waals surface area contributed by atoms with Crippen LogP contribution in [-0.2, 0) is 14.6 Å². The second kappa shape index (κ2) is 8.81. The minimum Gasteiger partial charge on any atom is -0.325 e. The number of halogens is 1. The number of sulfone groups is 1. The summed E-state index contributed by atoms with van der Waals surface area (Å²) in [5.41, 5.74) is 0.872. The number of nitrogens with one attached hydrogen (secondary N) is 2. The lowest BCUT2D eigenvalue weighted by atomic mass is 10.2. The highest BCUT2D eigenvalue weighted by Gasteiger charge is 2.22. The summed E-state index contributed by atoms with van der Waals surface area (Å²) < 4.78 is 25.2. The van der Waals surface area contributed by atoms with E-state index in [1.165, 1.54) is 24.3 Å². The molecular weight excluding hydrogens is 434 g/mol. The van der Waals surface area contributed by atoms with Crippen LogP contribution in [0.2, 0.25) is 5.02 Å². The number of benzene rings is 2. The lowest BCUT2D eigenvalue weighted by molar-refractivity contribution is -0.113. The molecule has 0 aliphatic rings. The SMILES string of the molecule is Cc1cccc(NC(=O)CSc2ncc(S(=O)(=O)c3ccc(Cl)cc3)c(=O)[nH]2)c1. The standard InChI is InChI=1S/C19H16ClN3O4S2/c1-12-3-2-4-14(9-12)22-17(24)11-28-19-21-10-16(18(25)23-19)29(26,27)15-7-5-13(20)6-8-15/h2-10H,11H2,1H3,(H,22,24)(H,21,23,25). The summed E-state index contributed by atoms with van der Waals surface area (Å²) >= 11 is 6.76. The van der Waals surface area contributed by atoms with E-state index in [2.05, 4.69) is 15.3 Å². The van der Waals surface area contributed by atoms with Crippen molar-refractivity contribution in [1.29, 1.82) is 0 Å². The fourth-order valence-corrected chi connectivity index (χ4v) is 4.42. The maximum Gasteiger partial charge on any atom is 0.270 e. The molecule has 1 amide bonds. The second-order valence-corrected chi connectivity index (χ2v) is 9.36. The molecule has 0 bridgehead atoms. The molecule has 10 heteroatoms. The molecule has 3 aromatic rings. The zero-order valence-corrected chi connectivity index (χ0v) is 17.6. The molecule has 0 aliphatic heterocycles. The van der Waals surface area contributed by atoms with Gasteiger partial charge in [0.2, 0.25) is 15.7 Å². The molecule has 0 radical (unpaired) electrons. The van der Waals surface area contributed by atoms with E-state index in [0.717, 1.165) is 23.5 Å². The molecule has 150 valence electrons. The highest BCUT2D eigenvalue weighted by Crippen LogP contribution is 2.20. The van der Waals surface area contributed by atoms with Gasteiger partial charge in [-0.1, -0.05) is 35.5 Å². The van der Waals surface area contributed by atoms with Crippen molar-refractivity contribution in [3.63, 3.8) is 0 Å². The normalized spacial score (nSPS) is 11.2. The van der Waals surface area contributed by atoms with E-state index < -0.39 is 20.3 Å². The Bertz CT molecular complexity index is 1210. The first kappa shape index (κ1) is 21.1. The predicted molar refractivity (Wildman–Crippen MR) is 112 cm³/mol. The number of aromatic amines is 1. The van der Waals surface area contributed by atoms with Crippen molar-refractivity contribution in [2.24, 2.45) is 0 Å². The van der Waals surface area contributed by atoms with Crippen LogP contribution in [0, 0.1) is 6.92 Å². The number of thioether (sulfide) groups is 1. The van der Waals surface area contributed by atoms with Gasteiger partial charge in [-0.15, -0.1) is 0 Å².